The summed E-state index contributed by atoms with van der Waals surface area (Å²) in [5.41, 5.74) is 2.82. The summed E-state index contributed by atoms with van der Waals surface area (Å²) < 4.78 is 43.1. The van der Waals surface area contributed by atoms with Gasteiger partial charge in [0.15, 0.2) is 0 Å². The molecule has 2 N–H and O–H groups in total. The smallest absolute Gasteiger partial charge is 0.418 e. The number of carboxylic acid groups (broad SMARTS) is 1. The van der Waals surface area contributed by atoms with Crippen molar-refractivity contribution >= 4 is 44.7 Å². The monoisotopic (exact) mass is 522 g/mol. The number of nitrogens with one attached hydrogen (secondary N) is 1. The van der Waals surface area contributed by atoms with Crippen molar-refractivity contribution in [1.82, 2.24) is 9.97 Å². The molecule has 0 aliphatic heterocycles. The number of aromatic amines is 1. The molecule has 0 amide bonds. The Kier molecular flexibility index (Phi) is 6.55. The largest absolute Gasteiger partial charge is 0.478 e. The Morgan fingerprint density at radius 2 is 1.81 bits per heavy atom. The lowest BCUT2D eigenvalue weighted by Crippen LogP contribution is -2.19. The maximum absolute atomic E-state index is 14.1. The van der Waals surface area contributed by atoms with Gasteiger partial charge in [0.1, 0.15) is 0 Å². The summed E-state index contributed by atoms with van der Waals surface area (Å²) in [5, 5.41) is 8.92. The Morgan fingerprint density at radius 3 is 2.46 bits per heavy atom. The third-order valence-corrected chi connectivity index (χ3v) is 7.34. The molecule has 0 spiro atoms. The molecule has 2 aromatic heterocycles. The molecular formula is C28H21F3N2O3S. The number of nitrogens with zero attached hydrogens (tertiary/aromatic N) is 1. The van der Waals surface area contributed by atoms with Crippen molar-refractivity contribution in [2.24, 2.45) is 5.92 Å². The van der Waals surface area contributed by atoms with E-state index in [-0.39, 0.29) is 16.5 Å². The van der Waals surface area contributed by atoms with Crippen LogP contribution >= 0.6 is 11.3 Å². The molecule has 5 nitrogen and oxygen atoms in total. The van der Waals surface area contributed by atoms with Crippen LogP contribution in [0.1, 0.15) is 47.2 Å². The van der Waals surface area contributed by atoms with E-state index in [0.717, 1.165) is 47.4 Å². The third kappa shape index (κ3) is 5.13. The number of H-pyrrole nitrogens is 1. The first-order valence-electron chi connectivity index (χ1n) is 11.6. The average Bonchev–Trinajstić information content (AvgIpc) is 3.20. The van der Waals surface area contributed by atoms with Gasteiger partial charge in [-0.1, -0.05) is 48.1 Å². The zero-order valence-electron chi connectivity index (χ0n) is 19.4. The minimum absolute atomic E-state index is 0.0940. The van der Waals surface area contributed by atoms with E-state index in [1.165, 1.54) is 18.3 Å². The number of rotatable bonds is 6. The van der Waals surface area contributed by atoms with Crippen LogP contribution in [0.2, 0.25) is 0 Å². The van der Waals surface area contributed by atoms with E-state index in [4.69, 9.17) is 5.11 Å². The maximum atomic E-state index is 14.1. The van der Waals surface area contributed by atoms with E-state index in [1.807, 2.05) is 6.07 Å². The minimum atomic E-state index is -4.59. The number of pyridine rings is 1. The molecule has 1 aliphatic rings. The normalized spacial score (nSPS) is 15.1. The lowest BCUT2D eigenvalue weighted by Gasteiger charge is -2.32. The van der Waals surface area contributed by atoms with Crippen LogP contribution < -0.4 is 4.87 Å². The second kappa shape index (κ2) is 9.82. The fraction of sp³-hybridized carbons (Fsp3) is 0.179. The van der Waals surface area contributed by atoms with Crippen LogP contribution in [0.15, 0.2) is 71.7 Å². The van der Waals surface area contributed by atoms with Gasteiger partial charge in [0, 0.05) is 12.3 Å². The van der Waals surface area contributed by atoms with Crippen LogP contribution in [0, 0.1) is 5.92 Å². The van der Waals surface area contributed by atoms with Gasteiger partial charge >= 0.3 is 17.0 Å². The highest BCUT2D eigenvalue weighted by Gasteiger charge is 2.38. The fourth-order valence-electron chi connectivity index (χ4n) is 4.58. The zero-order valence-corrected chi connectivity index (χ0v) is 20.2. The number of benzene rings is 2. The Hall–Kier alpha value is -3.98. The van der Waals surface area contributed by atoms with Crippen molar-refractivity contribution in [3.05, 3.63) is 104 Å². The second-order valence-corrected chi connectivity index (χ2v) is 9.85. The number of hydrogen-bond acceptors (Lipinski definition) is 4. The van der Waals surface area contributed by atoms with Crippen LogP contribution in [0.5, 0.6) is 0 Å². The predicted octanol–water partition coefficient (Wildman–Crippen LogP) is 6.86. The van der Waals surface area contributed by atoms with Crippen LogP contribution in [-0.4, -0.2) is 21.0 Å². The first-order valence-corrected chi connectivity index (χ1v) is 12.4. The highest BCUT2D eigenvalue weighted by atomic mass is 32.1. The van der Waals surface area contributed by atoms with Crippen LogP contribution in [0.3, 0.4) is 0 Å². The number of fused-ring (bicyclic) bond motifs is 1. The van der Waals surface area contributed by atoms with Crippen molar-refractivity contribution < 1.29 is 23.1 Å². The number of aromatic nitrogens is 2. The van der Waals surface area contributed by atoms with Gasteiger partial charge in [-0.25, -0.2) is 4.79 Å². The van der Waals surface area contributed by atoms with Gasteiger partial charge in [0.2, 0.25) is 0 Å². The van der Waals surface area contributed by atoms with Gasteiger partial charge < -0.3 is 10.1 Å². The molecule has 2 heterocycles. The molecule has 188 valence electrons. The lowest BCUT2D eigenvalue weighted by molar-refractivity contribution is -0.138. The highest BCUT2D eigenvalue weighted by Crippen LogP contribution is 2.47. The van der Waals surface area contributed by atoms with Gasteiger partial charge in [-0.3, -0.25) is 9.78 Å². The van der Waals surface area contributed by atoms with E-state index in [1.54, 1.807) is 36.4 Å². The summed E-state index contributed by atoms with van der Waals surface area (Å²) in [6.07, 6.45) is 1.65. The quantitative estimate of drug-likeness (QED) is 0.271. The fourth-order valence-corrected chi connectivity index (χ4v) is 5.29. The van der Waals surface area contributed by atoms with Gasteiger partial charge in [0.25, 0.3) is 0 Å². The lowest BCUT2D eigenvalue weighted by atomic mass is 9.73. The number of alkyl halides is 3. The Morgan fingerprint density at radius 1 is 1.08 bits per heavy atom. The van der Waals surface area contributed by atoms with E-state index in [2.05, 4.69) is 9.97 Å². The molecule has 0 atom stereocenters. The summed E-state index contributed by atoms with van der Waals surface area (Å²) >= 11 is 1.07. The van der Waals surface area contributed by atoms with Crippen LogP contribution in [-0.2, 0) is 11.0 Å². The van der Waals surface area contributed by atoms with E-state index >= 15 is 0 Å². The summed E-state index contributed by atoms with van der Waals surface area (Å²) in [7, 11) is 0. The first-order chi connectivity index (χ1) is 17.7. The van der Waals surface area contributed by atoms with E-state index in [0.29, 0.717) is 33.4 Å². The number of aliphatic carboxylic acids is 1. The summed E-state index contributed by atoms with van der Waals surface area (Å²) in [5.74, 6) is -1.19. The van der Waals surface area contributed by atoms with E-state index < -0.39 is 17.7 Å². The molecule has 0 unspecified atom stereocenters. The Balaban J connectivity index is 1.80. The zero-order chi connectivity index (χ0) is 26.2. The number of carboxylic acids is 1. The molecule has 5 rings (SSSR count). The number of thiazole rings is 1. The number of hydrogen-bond donors (Lipinski definition) is 2. The Bertz CT molecular complexity index is 1590. The number of halogens is 3. The van der Waals surface area contributed by atoms with Crippen molar-refractivity contribution in [2.45, 2.75) is 25.4 Å². The molecule has 37 heavy (non-hydrogen) atoms. The molecular weight excluding hydrogens is 501 g/mol. The standard InChI is InChI=1S/C28H21F3N2O3S/c29-28(30,31)20-5-2-14-32-26(20)25(17-3-1-4-17)24(18-9-6-16(7-10-18)8-13-23(34)35)19-11-12-22-21(15-19)33-27(36)37-22/h2,5-15,17H,1,3-4H2,(H,33,36)(H,34,35). The van der Waals surface area contributed by atoms with Crippen LogP contribution in [0.25, 0.3) is 27.4 Å². The summed E-state index contributed by atoms with van der Waals surface area (Å²) in [6.45, 7) is 0. The first kappa shape index (κ1) is 24.7. The van der Waals surface area contributed by atoms with Crippen molar-refractivity contribution in [2.75, 3.05) is 0 Å². The van der Waals surface area contributed by atoms with Gasteiger partial charge in [-0.05, 0) is 76.9 Å². The second-order valence-electron chi connectivity index (χ2n) is 8.83. The molecule has 1 fully saturated rings. The van der Waals surface area contributed by atoms with Gasteiger partial charge in [-0.15, -0.1) is 0 Å². The number of carbonyl (C=O) groups is 1. The maximum Gasteiger partial charge on any atom is 0.418 e. The third-order valence-electron chi connectivity index (χ3n) is 6.48. The molecule has 2 aromatic carbocycles. The van der Waals surface area contributed by atoms with Gasteiger partial charge in [0.05, 0.1) is 21.5 Å². The van der Waals surface area contributed by atoms with Crippen molar-refractivity contribution in [1.29, 1.82) is 0 Å². The average molecular weight is 523 g/mol. The minimum Gasteiger partial charge on any atom is -0.478 e. The topological polar surface area (TPSA) is 83.0 Å². The Labute approximate surface area is 213 Å². The summed E-state index contributed by atoms with van der Waals surface area (Å²) in [6, 6.07) is 14.7. The molecule has 0 radical (unpaired) electrons. The van der Waals surface area contributed by atoms with E-state index in [9.17, 15) is 22.8 Å². The SMILES string of the molecule is O=C(O)C=Cc1ccc(C(=C(c2ncccc2C(F)(F)F)C2CCC2)c2ccc3sc(=O)[nH]c3c2)cc1. The van der Waals surface area contributed by atoms with Crippen LogP contribution in [0.4, 0.5) is 13.2 Å². The molecule has 0 saturated heterocycles. The summed E-state index contributed by atoms with van der Waals surface area (Å²) in [4.78, 5) is 29.7. The highest BCUT2D eigenvalue weighted by molar-refractivity contribution is 7.16. The molecule has 1 saturated carbocycles. The number of allylic oxidation sites excluding steroid dienone is 1. The molecule has 0 bridgehead atoms. The van der Waals surface area contributed by atoms with Gasteiger partial charge in [-0.2, -0.15) is 13.2 Å². The molecule has 4 aromatic rings. The predicted molar refractivity (Wildman–Crippen MR) is 138 cm³/mol. The molecule has 1 aliphatic carbocycles. The van der Waals surface area contributed by atoms with Crippen molar-refractivity contribution in [3.8, 4) is 0 Å². The molecule has 9 heteroatoms. The van der Waals surface area contributed by atoms with Crippen molar-refractivity contribution in [3.63, 3.8) is 0 Å².